The molecule has 0 spiro atoms. The maximum absolute atomic E-state index is 12.4. The maximum atomic E-state index is 12.4. The second kappa shape index (κ2) is 5.28. The van der Waals surface area contributed by atoms with E-state index in [9.17, 15) is 9.59 Å². The molecule has 2 amide bonds. The minimum Gasteiger partial charge on any atom is -0.361 e. The number of hydrogen-bond donors (Lipinski definition) is 3. The number of anilines is 1. The monoisotopic (exact) mass is 305 g/mol. The molecule has 23 heavy (non-hydrogen) atoms. The van der Waals surface area contributed by atoms with Crippen LogP contribution in [0.2, 0.25) is 0 Å². The standard InChI is InChI=1S/C18H15N3O2/c22-17(20-15-7-3-6-14-13(15)8-9-19-14)10-16-11-4-1-2-5-12(11)18(23)21-16/h1-9,16,19H,10H2,(H,20,22)(H,21,23)/t16-/m1/s1. The van der Waals surface area contributed by atoms with Crippen molar-refractivity contribution >= 4 is 28.4 Å². The Kier molecular flexibility index (Phi) is 3.12. The van der Waals surface area contributed by atoms with E-state index >= 15 is 0 Å². The molecule has 0 aliphatic carbocycles. The van der Waals surface area contributed by atoms with E-state index in [0.29, 0.717) is 5.56 Å². The van der Waals surface area contributed by atoms with E-state index in [-0.39, 0.29) is 24.3 Å². The summed E-state index contributed by atoms with van der Waals surface area (Å²) in [5, 5.41) is 6.76. The number of hydrogen-bond acceptors (Lipinski definition) is 2. The number of rotatable bonds is 3. The fourth-order valence-corrected chi connectivity index (χ4v) is 3.06. The van der Waals surface area contributed by atoms with E-state index < -0.39 is 0 Å². The molecule has 3 N–H and O–H groups in total. The quantitative estimate of drug-likeness (QED) is 0.696. The summed E-state index contributed by atoms with van der Waals surface area (Å²) < 4.78 is 0. The lowest BCUT2D eigenvalue weighted by Crippen LogP contribution is -2.24. The van der Waals surface area contributed by atoms with Gasteiger partial charge in [0.2, 0.25) is 5.91 Å². The Morgan fingerprint density at radius 3 is 2.87 bits per heavy atom. The minimum atomic E-state index is -0.274. The van der Waals surface area contributed by atoms with Gasteiger partial charge in [-0.2, -0.15) is 0 Å². The van der Waals surface area contributed by atoms with E-state index in [4.69, 9.17) is 0 Å². The molecule has 1 aliphatic heterocycles. The predicted molar refractivity (Wildman–Crippen MR) is 88.2 cm³/mol. The highest BCUT2D eigenvalue weighted by molar-refractivity contribution is 6.03. The Bertz CT molecular complexity index is 913. The maximum Gasteiger partial charge on any atom is 0.252 e. The number of aromatic amines is 1. The van der Waals surface area contributed by atoms with E-state index in [2.05, 4.69) is 15.6 Å². The van der Waals surface area contributed by atoms with Crippen LogP contribution in [0.25, 0.3) is 10.9 Å². The molecule has 2 heterocycles. The fraction of sp³-hybridized carbons (Fsp3) is 0.111. The Morgan fingerprint density at radius 2 is 1.96 bits per heavy atom. The summed E-state index contributed by atoms with van der Waals surface area (Å²) in [5.74, 6) is -0.244. The van der Waals surface area contributed by atoms with Crippen molar-refractivity contribution < 1.29 is 9.59 Å². The van der Waals surface area contributed by atoms with Crippen molar-refractivity contribution in [2.75, 3.05) is 5.32 Å². The average molecular weight is 305 g/mol. The highest BCUT2D eigenvalue weighted by Crippen LogP contribution is 2.28. The molecule has 0 fully saturated rings. The third-order valence-corrected chi connectivity index (χ3v) is 4.14. The van der Waals surface area contributed by atoms with Crippen molar-refractivity contribution in [3.8, 4) is 0 Å². The van der Waals surface area contributed by atoms with Gasteiger partial charge in [0.25, 0.3) is 5.91 Å². The second-order valence-electron chi connectivity index (χ2n) is 5.61. The topological polar surface area (TPSA) is 74.0 Å². The van der Waals surface area contributed by atoms with Gasteiger partial charge in [-0.05, 0) is 29.8 Å². The molecule has 0 unspecified atom stereocenters. The average Bonchev–Trinajstić information content (AvgIpc) is 3.14. The van der Waals surface area contributed by atoms with Gasteiger partial charge in [0, 0.05) is 22.7 Å². The Labute approximate surface area is 132 Å². The van der Waals surface area contributed by atoms with Crippen molar-refractivity contribution in [3.63, 3.8) is 0 Å². The van der Waals surface area contributed by atoms with Crippen LogP contribution >= 0.6 is 0 Å². The van der Waals surface area contributed by atoms with E-state index in [1.807, 2.05) is 48.7 Å². The van der Waals surface area contributed by atoms with Crippen molar-refractivity contribution in [1.82, 2.24) is 10.3 Å². The number of carbonyl (C=O) groups excluding carboxylic acids is 2. The predicted octanol–water partition coefficient (Wildman–Crippen LogP) is 2.98. The molecule has 1 aliphatic rings. The van der Waals surface area contributed by atoms with Crippen molar-refractivity contribution in [2.24, 2.45) is 0 Å². The molecule has 4 rings (SSSR count). The third-order valence-electron chi connectivity index (χ3n) is 4.14. The number of H-pyrrole nitrogens is 1. The summed E-state index contributed by atoms with van der Waals surface area (Å²) >= 11 is 0. The Hall–Kier alpha value is -3.08. The summed E-state index contributed by atoms with van der Waals surface area (Å²) in [7, 11) is 0. The fourth-order valence-electron chi connectivity index (χ4n) is 3.06. The molecule has 5 heteroatoms. The molecule has 0 saturated heterocycles. The molecular formula is C18H15N3O2. The lowest BCUT2D eigenvalue weighted by Gasteiger charge is -2.12. The van der Waals surface area contributed by atoms with Crippen LogP contribution in [0.4, 0.5) is 5.69 Å². The van der Waals surface area contributed by atoms with Gasteiger partial charge >= 0.3 is 0 Å². The molecule has 0 radical (unpaired) electrons. The second-order valence-corrected chi connectivity index (χ2v) is 5.61. The molecule has 114 valence electrons. The van der Waals surface area contributed by atoms with Gasteiger partial charge in [-0.1, -0.05) is 24.3 Å². The highest BCUT2D eigenvalue weighted by Gasteiger charge is 2.29. The first-order chi connectivity index (χ1) is 11.2. The minimum absolute atomic E-state index is 0.119. The van der Waals surface area contributed by atoms with E-state index in [1.165, 1.54) is 0 Å². The number of fused-ring (bicyclic) bond motifs is 2. The van der Waals surface area contributed by atoms with Crippen LogP contribution in [0.5, 0.6) is 0 Å². The van der Waals surface area contributed by atoms with Gasteiger partial charge in [-0.15, -0.1) is 0 Å². The number of amides is 2. The van der Waals surface area contributed by atoms with E-state index in [1.54, 1.807) is 6.07 Å². The van der Waals surface area contributed by atoms with Crippen molar-refractivity contribution in [2.45, 2.75) is 12.5 Å². The van der Waals surface area contributed by atoms with Gasteiger partial charge in [0.1, 0.15) is 0 Å². The van der Waals surface area contributed by atoms with Gasteiger partial charge in [0.15, 0.2) is 0 Å². The van der Waals surface area contributed by atoms with Crippen molar-refractivity contribution in [1.29, 1.82) is 0 Å². The molecule has 2 aromatic carbocycles. The van der Waals surface area contributed by atoms with Crippen LogP contribution in [-0.2, 0) is 4.79 Å². The van der Waals surface area contributed by atoms with Crippen LogP contribution in [0.1, 0.15) is 28.4 Å². The Morgan fingerprint density at radius 1 is 1.09 bits per heavy atom. The first kappa shape index (κ1) is 13.6. The first-order valence-electron chi connectivity index (χ1n) is 7.48. The number of nitrogens with one attached hydrogen (secondary N) is 3. The molecule has 0 saturated carbocycles. The molecule has 3 aromatic rings. The largest absolute Gasteiger partial charge is 0.361 e. The van der Waals surface area contributed by atoms with Gasteiger partial charge in [0.05, 0.1) is 18.2 Å². The lowest BCUT2D eigenvalue weighted by atomic mass is 10.0. The van der Waals surface area contributed by atoms with Gasteiger partial charge in [-0.25, -0.2) is 0 Å². The van der Waals surface area contributed by atoms with Gasteiger partial charge in [-0.3, -0.25) is 9.59 Å². The molecular weight excluding hydrogens is 290 g/mol. The zero-order chi connectivity index (χ0) is 15.8. The number of aromatic nitrogens is 1. The lowest BCUT2D eigenvalue weighted by molar-refractivity contribution is -0.116. The van der Waals surface area contributed by atoms with Crippen LogP contribution in [0.3, 0.4) is 0 Å². The van der Waals surface area contributed by atoms with E-state index in [0.717, 1.165) is 22.2 Å². The summed E-state index contributed by atoms with van der Waals surface area (Å²) in [6.07, 6.45) is 2.05. The molecule has 1 atom stereocenters. The zero-order valence-electron chi connectivity index (χ0n) is 12.3. The van der Waals surface area contributed by atoms with Crippen molar-refractivity contribution in [3.05, 3.63) is 65.9 Å². The van der Waals surface area contributed by atoms with Crippen LogP contribution in [0, 0.1) is 0 Å². The Balaban J connectivity index is 1.53. The summed E-state index contributed by atoms with van der Waals surface area (Å²) in [6.45, 7) is 0. The normalized spacial score (nSPS) is 16.2. The summed E-state index contributed by atoms with van der Waals surface area (Å²) in [6, 6.07) is 14.7. The molecule has 0 bridgehead atoms. The number of carbonyl (C=O) groups is 2. The van der Waals surface area contributed by atoms with Crippen LogP contribution in [0.15, 0.2) is 54.7 Å². The number of benzene rings is 2. The third kappa shape index (κ3) is 2.36. The zero-order valence-corrected chi connectivity index (χ0v) is 12.3. The highest BCUT2D eigenvalue weighted by atomic mass is 16.2. The summed E-state index contributed by atoms with van der Waals surface area (Å²) in [5.41, 5.74) is 3.28. The van der Waals surface area contributed by atoms with Crippen LogP contribution < -0.4 is 10.6 Å². The SMILES string of the molecule is O=C(C[C@H]1NC(=O)c2ccccc21)Nc1cccc2[nH]ccc12. The summed E-state index contributed by atoms with van der Waals surface area (Å²) in [4.78, 5) is 27.4. The first-order valence-corrected chi connectivity index (χ1v) is 7.48. The smallest absolute Gasteiger partial charge is 0.252 e. The van der Waals surface area contributed by atoms with Crippen LogP contribution in [-0.4, -0.2) is 16.8 Å². The molecule has 1 aromatic heterocycles. The van der Waals surface area contributed by atoms with Gasteiger partial charge < -0.3 is 15.6 Å². The molecule has 5 nitrogen and oxygen atoms in total.